The van der Waals surface area contributed by atoms with E-state index in [2.05, 4.69) is 5.32 Å². The highest BCUT2D eigenvalue weighted by Gasteiger charge is 2.34. The van der Waals surface area contributed by atoms with Crippen molar-refractivity contribution in [1.82, 2.24) is 10.2 Å². The summed E-state index contributed by atoms with van der Waals surface area (Å²) >= 11 is 0. The van der Waals surface area contributed by atoms with Crippen molar-refractivity contribution in [2.75, 3.05) is 18.0 Å². The Morgan fingerprint density at radius 3 is 2.10 bits per heavy atom. The molecule has 0 heterocycles. The van der Waals surface area contributed by atoms with Gasteiger partial charge in [0.15, 0.2) is 0 Å². The fourth-order valence-electron chi connectivity index (χ4n) is 4.18. The minimum atomic E-state index is -4.08. The molecule has 0 aromatic heterocycles. The molecule has 0 saturated carbocycles. The number of ether oxygens (including phenoxy) is 1. The molecule has 3 rings (SSSR count). The maximum absolute atomic E-state index is 14.0. The zero-order valence-corrected chi connectivity index (χ0v) is 23.9. The Bertz CT molecular complexity index is 1360. The van der Waals surface area contributed by atoms with Crippen LogP contribution in [0.25, 0.3) is 0 Å². The van der Waals surface area contributed by atoms with E-state index >= 15 is 0 Å². The van der Waals surface area contributed by atoms with Gasteiger partial charge in [0, 0.05) is 12.1 Å². The van der Waals surface area contributed by atoms with Gasteiger partial charge in [-0.25, -0.2) is 8.42 Å². The summed E-state index contributed by atoms with van der Waals surface area (Å²) in [5.41, 5.74) is 0.590. The predicted molar refractivity (Wildman–Crippen MR) is 153 cm³/mol. The summed E-state index contributed by atoms with van der Waals surface area (Å²) in [6.45, 7) is 7.05. The largest absolute Gasteiger partial charge is 0.497 e. The summed E-state index contributed by atoms with van der Waals surface area (Å²) in [4.78, 5) is 28.9. The lowest BCUT2D eigenvalue weighted by Crippen LogP contribution is -2.55. The second-order valence-corrected chi connectivity index (χ2v) is 12.1. The molecule has 0 bridgehead atoms. The maximum atomic E-state index is 14.0. The molecule has 1 N–H and O–H groups in total. The Hall–Kier alpha value is -3.85. The first-order valence-corrected chi connectivity index (χ1v) is 14.3. The molecule has 0 aliphatic carbocycles. The fraction of sp³-hybridized carbons (Fsp3) is 0.333. The van der Waals surface area contributed by atoms with Gasteiger partial charge in [-0.3, -0.25) is 13.9 Å². The fourth-order valence-corrected chi connectivity index (χ4v) is 5.62. The van der Waals surface area contributed by atoms with Gasteiger partial charge in [0.25, 0.3) is 10.0 Å². The number of hydrogen-bond acceptors (Lipinski definition) is 5. The Morgan fingerprint density at radius 1 is 0.923 bits per heavy atom. The quantitative estimate of drug-likeness (QED) is 0.375. The highest BCUT2D eigenvalue weighted by Crippen LogP contribution is 2.25. The maximum Gasteiger partial charge on any atom is 0.264 e. The van der Waals surface area contributed by atoms with Gasteiger partial charge >= 0.3 is 0 Å². The van der Waals surface area contributed by atoms with Gasteiger partial charge in [-0.2, -0.15) is 0 Å². The Morgan fingerprint density at radius 2 is 1.54 bits per heavy atom. The molecule has 1 atom stereocenters. The molecule has 0 aliphatic heterocycles. The molecule has 39 heavy (non-hydrogen) atoms. The van der Waals surface area contributed by atoms with E-state index < -0.39 is 34.1 Å². The Balaban J connectivity index is 2.05. The number of nitrogens with zero attached hydrogens (tertiary/aromatic N) is 2. The average Bonchev–Trinajstić information content (AvgIpc) is 2.91. The summed E-state index contributed by atoms with van der Waals surface area (Å²) in [5.74, 6) is -0.194. The van der Waals surface area contributed by atoms with Crippen LogP contribution in [0.4, 0.5) is 5.69 Å². The molecule has 8 nitrogen and oxygen atoms in total. The van der Waals surface area contributed by atoms with Crippen molar-refractivity contribution < 1.29 is 22.7 Å². The van der Waals surface area contributed by atoms with Crippen LogP contribution in [0.2, 0.25) is 0 Å². The summed E-state index contributed by atoms with van der Waals surface area (Å²) in [5, 5.41) is 2.97. The van der Waals surface area contributed by atoms with Crippen molar-refractivity contribution in [3.05, 3.63) is 90.5 Å². The van der Waals surface area contributed by atoms with Crippen molar-refractivity contribution in [2.45, 2.75) is 57.1 Å². The number of benzene rings is 3. The van der Waals surface area contributed by atoms with Gasteiger partial charge in [0.2, 0.25) is 11.8 Å². The number of methoxy groups -OCH3 is 1. The van der Waals surface area contributed by atoms with Gasteiger partial charge < -0.3 is 15.0 Å². The molecule has 3 aromatic carbocycles. The van der Waals surface area contributed by atoms with E-state index in [4.69, 9.17) is 4.74 Å². The average molecular weight is 552 g/mol. The highest BCUT2D eigenvalue weighted by atomic mass is 32.2. The summed E-state index contributed by atoms with van der Waals surface area (Å²) in [6, 6.07) is 22.9. The van der Waals surface area contributed by atoms with Crippen LogP contribution in [0, 0.1) is 0 Å². The van der Waals surface area contributed by atoms with Crippen LogP contribution in [0.5, 0.6) is 5.75 Å². The third-order valence-electron chi connectivity index (χ3n) is 6.03. The van der Waals surface area contributed by atoms with Crippen LogP contribution < -0.4 is 14.4 Å². The number of para-hydroxylation sites is 1. The number of hydrogen-bond donors (Lipinski definition) is 1. The molecule has 0 fully saturated rings. The Labute approximate surface area is 231 Å². The summed E-state index contributed by atoms with van der Waals surface area (Å²) in [7, 11) is -2.53. The minimum Gasteiger partial charge on any atom is -0.497 e. The smallest absolute Gasteiger partial charge is 0.264 e. The predicted octanol–water partition coefficient (Wildman–Crippen LogP) is 4.61. The topological polar surface area (TPSA) is 96.0 Å². The van der Waals surface area contributed by atoms with E-state index in [0.717, 1.165) is 9.87 Å². The third kappa shape index (κ3) is 7.83. The number of rotatable bonds is 11. The molecule has 0 unspecified atom stereocenters. The SMILES string of the molecule is CC[C@@H](C(=O)NC(C)(C)C)N(Cc1cccc(OC)c1)C(=O)CN(c1ccccc1)S(=O)(=O)c1ccccc1. The number of carbonyl (C=O) groups is 2. The number of nitrogens with one attached hydrogen (secondary N) is 1. The normalized spacial score (nSPS) is 12.3. The molecule has 0 aliphatic rings. The van der Waals surface area contributed by atoms with Gasteiger partial charge in [0.05, 0.1) is 17.7 Å². The first-order chi connectivity index (χ1) is 18.5. The number of sulfonamides is 1. The number of anilines is 1. The van der Waals surface area contributed by atoms with Gasteiger partial charge in [0.1, 0.15) is 18.3 Å². The lowest BCUT2D eigenvalue weighted by Gasteiger charge is -2.34. The van der Waals surface area contributed by atoms with E-state index in [1.165, 1.54) is 17.0 Å². The van der Waals surface area contributed by atoms with Crippen LogP contribution in [0.15, 0.2) is 89.8 Å². The van der Waals surface area contributed by atoms with E-state index in [-0.39, 0.29) is 17.3 Å². The highest BCUT2D eigenvalue weighted by molar-refractivity contribution is 7.92. The van der Waals surface area contributed by atoms with Gasteiger partial charge in [-0.15, -0.1) is 0 Å². The molecular formula is C30H37N3O5S. The van der Waals surface area contributed by atoms with E-state index in [1.54, 1.807) is 67.8 Å². The molecule has 208 valence electrons. The molecule has 0 spiro atoms. The molecule has 0 saturated heterocycles. The standard InChI is InChI=1S/C30H37N3O5S/c1-6-27(29(35)31-30(2,3)4)32(21-23-14-13-17-25(20-23)38-5)28(34)22-33(24-15-9-7-10-16-24)39(36,37)26-18-11-8-12-19-26/h7-20,27H,6,21-22H2,1-5H3,(H,31,35)/t27-/m0/s1. The van der Waals surface area contributed by atoms with Crippen molar-refractivity contribution in [2.24, 2.45) is 0 Å². The monoisotopic (exact) mass is 551 g/mol. The third-order valence-corrected chi connectivity index (χ3v) is 7.81. The number of carbonyl (C=O) groups excluding carboxylic acids is 2. The van der Waals surface area contributed by atoms with Crippen LogP contribution in [0.1, 0.15) is 39.7 Å². The van der Waals surface area contributed by atoms with E-state index in [9.17, 15) is 18.0 Å². The van der Waals surface area contributed by atoms with Crippen molar-refractivity contribution in [3.8, 4) is 5.75 Å². The molecule has 0 radical (unpaired) electrons. The number of amides is 2. The first kappa shape index (κ1) is 29.7. The van der Waals surface area contributed by atoms with Crippen molar-refractivity contribution >= 4 is 27.5 Å². The van der Waals surface area contributed by atoms with Crippen LogP contribution in [-0.2, 0) is 26.2 Å². The summed E-state index contributed by atoms with van der Waals surface area (Å²) < 4.78 is 33.9. The Kier molecular flexibility index (Phi) is 9.75. The van der Waals surface area contributed by atoms with E-state index in [1.807, 2.05) is 39.8 Å². The first-order valence-electron chi connectivity index (χ1n) is 12.8. The lowest BCUT2D eigenvalue weighted by molar-refractivity contribution is -0.141. The van der Waals surface area contributed by atoms with Crippen LogP contribution in [0.3, 0.4) is 0 Å². The molecule has 9 heteroatoms. The van der Waals surface area contributed by atoms with Crippen molar-refractivity contribution in [3.63, 3.8) is 0 Å². The minimum absolute atomic E-state index is 0.0681. The molecule has 2 amide bonds. The van der Waals surface area contributed by atoms with Crippen LogP contribution >= 0.6 is 0 Å². The zero-order valence-electron chi connectivity index (χ0n) is 23.1. The van der Waals surface area contributed by atoms with Crippen LogP contribution in [-0.4, -0.2) is 50.4 Å². The second-order valence-electron chi connectivity index (χ2n) is 10.2. The van der Waals surface area contributed by atoms with E-state index in [0.29, 0.717) is 17.9 Å². The molecular weight excluding hydrogens is 514 g/mol. The molecule has 3 aromatic rings. The second kappa shape index (κ2) is 12.8. The van der Waals surface area contributed by atoms with Crippen molar-refractivity contribution in [1.29, 1.82) is 0 Å². The lowest BCUT2D eigenvalue weighted by atomic mass is 10.1. The van der Waals surface area contributed by atoms with Gasteiger partial charge in [-0.1, -0.05) is 55.5 Å². The summed E-state index contributed by atoms with van der Waals surface area (Å²) in [6.07, 6.45) is 0.342. The zero-order chi connectivity index (χ0) is 28.6. The van der Waals surface area contributed by atoms with Gasteiger partial charge in [-0.05, 0) is 69.2 Å².